The molecule has 0 heterocycles. The van der Waals surface area contributed by atoms with Gasteiger partial charge in [0, 0.05) is 32.4 Å². The van der Waals surface area contributed by atoms with Crippen molar-refractivity contribution in [2.75, 3.05) is 0 Å². The molecule has 1 aliphatic rings. The molecule has 1 nitrogen and oxygen atoms in total. The van der Waals surface area contributed by atoms with E-state index in [2.05, 4.69) is 17.4 Å². The van der Waals surface area contributed by atoms with Crippen LogP contribution in [0.25, 0.3) is 0 Å². The smallest absolute Gasteiger partial charge is 0.0417 e. The number of nitrogens with one attached hydrogen (secondary N) is 1. The van der Waals surface area contributed by atoms with E-state index in [1.54, 1.807) is 11.8 Å². The molecule has 0 saturated heterocycles. The van der Waals surface area contributed by atoms with E-state index in [-0.39, 0.29) is 0 Å². The predicted octanol–water partition coefficient (Wildman–Crippen LogP) is 5.40. The summed E-state index contributed by atoms with van der Waals surface area (Å²) in [6.07, 6.45) is 2.59. The fourth-order valence-corrected chi connectivity index (χ4v) is 3.50. The van der Waals surface area contributed by atoms with Crippen LogP contribution in [0.4, 0.5) is 0 Å². The molecule has 0 spiro atoms. The number of hydrogen-bond donors (Lipinski definition) is 1. The summed E-state index contributed by atoms with van der Waals surface area (Å²) in [6, 6.07) is 14.7. The lowest BCUT2D eigenvalue weighted by Crippen LogP contribution is -2.15. The molecular formula is C16H15Cl2NS. The summed E-state index contributed by atoms with van der Waals surface area (Å²) >= 11 is 13.9. The minimum atomic E-state index is 0.703. The first-order valence-electron chi connectivity index (χ1n) is 6.66. The van der Waals surface area contributed by atoms with Gasteiger partial charge >= 0.3 is 0 Å². The first kappa shape index (κ1) is 14.3. The molecule has 1 saturated carbocycles. The van der Waals surface area contributed by atoms with Crippen molar-refractivity contribution in [2.24, 2.45) is 0 Å². The molecule has 2 aromatic carbocycles. The molecule has 0 atom stereocenters. The third-order valence-electron chi connectivity index (χ3n) is 3.21. The Hall–Kier alpha value is -0.670. The van der Waals surface area contributed by atoms with E-state index in [9.17, 15) is 0 Å². The zero-order valence-corrected chi connectivity index (χ0v) is 13.2. The SMILES string of the molecule is Clc1cccc(Sc2cc(Cl)ccc2CNC2CC2)c1. The topological polar surface area (TPSA) is 12.0 Å². The quantitative estimate of drug-likeness (QED) is 0.790. The van der Waals surface area contributed by atoms with Gasteiger partial charge in [-0.3, -0.25) is 0 Å². The monoisotopic (exact) mass is 323 g/mol. The Kier molecular flexibility index (Phi) is 4.57. The maximum atomic E-state index is 6.13. The van der Waals surface area contributed by atoms with Gasteiger partial charge in [-0.2, -0.15) is 0 Å². The van der Waals surface area contributed by atoms with Gasteiger partial charge in [0.05, 0.1) is 0 Å². The van der Waals surface area contributed by atoms with E-state index in [1.807, 2.05) is 30.3 Å². The Morgan fingerprint density at radius 1 is 1.05 bits per heavy atom. The summed E-state index contributed by atoms with van der Waals surface area (Å²) in [5.74, 6) is 0. The van der Waals surface area contributed by atoms with Crippen LogP contribution in [-0.4, -0.2) is 6.04 Å². The summed E-state index contributed by atoms with van der Waals surface area (Å²) in [5.41, 5.74) is 1.28. The Morgan fingerprint density at radius 2 is 1.85 bits per heavy atom. The highest BCUT2D eigenvalue weighted by atomic mass is 35.5. The van der Waals surface area contributed by atoms with E-state index in [4.69, 9.17) is 23.2 Å². The Labute approximate surface area is 133 Å². The number of halogens is 2. The van der Waals surface area contributed by atoms with Crippen LogP contribution in [0, 0.1) is 0 Å². The molecule has 2 aromatic rings. The van der Waals surface area contributed by atoms with Crippen molar-refractivity contribution in [3.8, 4) is 0 Å². The van der Waals surface area contributed by atoms with Gasteiger partial charge in [-0.25, -0.2) is 0 Å². The molecule has 0 aromatic heterocycles. The van der Waals surface area contributed by atoms with Crippen molar-refractivity contribution >= 4 is 35.0 Å². The summed E-state index contributed by atoms with van der Waals surface area (Å²) in [5, 5.41) is 5.07. The zero-order chi connectivity index (χ0) is 13.9. The molecule has 4 heteroatoms. The van der Waals surface area contributed by atoms with Gasteiger partial charge in [-0.15, -0.1) is 0 Å². The lowest BCUT2D eigenvalue weighted by atomic mass is 10.2. The third kappa shape index (κ3) is 3.92. The first-order chi connectivity index (χ1) is 9.70. The second kappa shape index (κ2) is 6.40. The van der Waals surface area contributed by atoms with Crippen molar-refractivity contribution in [2.45, 2.75) is 35.2 Å². The highest BCUT2D eigenvalue weighted by molar-refractivity contribution is 7.99. The predicted molar refractivity (Wildman–Crippen MR) is 86.9 cm³/mol. The standard InChI is InChI=1S/C16H15Cl2NS/c17-12-2-1-3-15(8-12)20-16-9-13(18)5-4-11(16)10-19-14-6-7-14/h1-5,8-9,14,19H,6-7,10H2. The van der Waals surface area contributed by atoms with Gasteiger partial charge < -0.3 is 5.32 Å². The molecule has 0 unspecified atom stereocenters. The van der Waals surface area contributed by atoms with Gasteiger partial charge in [-0.1, -0.05) is 47.1 Å². The van der Waals surface area contributed by atoms with Crippen molar-refractivity contribution in [1.82, 2.24) is 5.32 Å². The van der Waals surface area contributed by atoms with Crippen molar-refractivity contribution in [1.29, 1.82) is 0 Å². The molecule has 20 heavy (non-hydrogen) atoms. The summed E-state index contributed by atoms with van der Waals surface area (Å²) < 4.78 is 0. The zero-order valence-electron chi connectivity index (χ0n) is 10.9. The van der Waals surface area contributed by atoms with Crippen molar-refractivity contribution in [3.05, 3.63) is 58.1 Å². The molecule has 1 aliphatic carbocycles. The van der Waals surface area contributed by atoms with E-state index in [1.165, 1.54) is 23.3 Å². The molecule has 0 radical (unpaired) electrons. The van der Waals surface area contributed by atoms with Crippen LogP contribution in [0.3, 0.4) is 0 Å². The van der Waals surface area contributed by atoms with Gasteiger partial charge in [0.2, 0.25) is 0 Å². The van der Waals surface area contributed by atoms with E-state index in [0.717, 1.165) is 21.5 Å². The number of benzene rings is 2. The Balaban J connectivity index is 1.80. The van der Waals surface area contributed by atoms with Gasteiger partial charge in [0.1, 0.15) is 0 Å². The molecule has 104 valence electrons. The molecule has 0 bridgehead atoms. The second-order valence-corrected chi connectivity index (χ2v) is 6.95. The minimum absolute atomic E-state index is 0.703. The normalized spacial score (nSPS) is 14.5. The van der Waals surface area contributed by atoms with Gasteiger partial charge in [-0.05, 0) is 48.7 Å². The maximum Gasteiger partial charge on any atom is 0.0417 e. The first-order valence-corrected chi connectivity index (χ1v) is 8.23. The third-order valence-corrected chi connectivity index (χ3v) is 4.77. The van der Waals surface area contributed by atoms with E-state index < -0.39 is 0 Å². The molecule has 0 aliphatic heterocycles. The van der Waals surface area contributed by atoms with Gasteiger partial charge in [0.15, 0.2) is 0 Å². The fraction of sp³-hybridized carbons (Fsp3) is 0.250. The molecule has 0 amide bonds. The number of hydrogen-bond acceptors (Lipinski definition) is 2. The lowest BCUT2D eigenvalue weighted by Gasteiger charge is -2.11. The average molecular weight is 324 g/mol. The Morgan fingerprint density at radius 3 is 2.60 bits per heavy atom. The maximum absolute atomic E-state index is 6.13. The lowest BCUT2D eigenvalue weighted by molar-refractivity contribution is 0.680. The van der Waals surface area contributed by atoms with E-state index in [0.29, 0.717) is 6.04 Å². The fourth-order valence-electron chi connectivity index (χ4n) is 1.97. The van der Waals surface area contributed by atoms with Crippen LogP contribution >= 0.6 is 35.0 Å². The Bertz CT molecular complexity index is 611. The minimum Gasteiger partial charge on any atom is -0.310 e. The summed E-state index contributed by atoms with van der Waals surface area (Å²) in [6.45, 7) is 0.894. The highest BCUT2D eigenvalue weighted by Gasteiger charge is 2.20. The van der Waals surface area contributed by atoms with Crippen LogP contribution in [-0.2, 0) is 6.54 Å². The van der Waals surface area contributed by atoms with E-state index >= 15 is 0 Å². The van der Waals surface area contributed by atoms with Crippen LogP contribution in [0.5, 0.6) is 0 Å². The molecular weight excluding hydrogens is 309 g/mol. The molecule has 1 N–H and O–H groups in total. The second-order valence-electron chi connectivity index (χ2n) is 4.97. The van der Waals surface area contributed by atoms with Crippen LogP contribution in [0.2, 0.25) is 10.0 Å². The highest BCUT2D eigenvalue weighted by Crippen LogP contribution is 2.34. The molecule has 1 fully saturated rings. The van der Waals surface area contributed by atoms with Gasteiger partial charge in [0.25, 0.3) is 0 Å². The summed E-state index contributed by atoms with van der Waals surface area (Å²) in [4.78, 5) is 2.32. The van der Waals surface area contributed by atoms with Crippen LogP contribution in [0.1, 0.15) is 18.4 Å². The van der Waals surface area contributed by atoms with Crippen LogP contribution < -0.4 is 5.32 Å². The largest absolute Gasteiger partial charge is 0.310 e. The number of rotatable bonds is 5. The summed E-state index contributed by atoms with van der Waals surface area (Å²) in [7, 11) is 0. The van der Waals surface area contributed by atoms with Crippen molar-refractivity contribution < 1.29 is 0 Å². The average Bonchev–Trinajstić information content (AvgIpc) is 3.22. The molecule has 3 rings (SSSR count). The van der Waals surface area contributed by atoms with Crippen molar-refractivity contribution in [3.63, 3.8) is 0 Å². The van der Waals surface area contributed by atoms with Crippen LogP contribution in [0.15, 0.2) is 52.3 Å².